The lowest BCUT2D eigenvalue weighted by Crippen LogP contribution is -2.38. The van der Waals surface area contributed by atoms with Crippen LogP contribution in [-0.4, -0.2) is 19.4 Å². The molecule has 0 fully saturated rings. The Bertz CT molecular complexity index is 542. The Labute approximate surface area is 123 Å². The predicted octanol–water partition coefficient (Wildman–Crippen LogP) is 3.92. The van der Waals surface area contributed by atoms with Crippen LogP contribution in [0.3, 0.4) is 0 Å². The molecule has 0 aliphatic carbocycles. The number of carbonyl (C=O) groups is 1. The highest BCUT2D eigenvalue weighted by Gasteiger charge is 2.37. The fourth-order valence-electron chi connectivity index (χ4n) is 1.80. The molecule has 1 aromatic carbocycles. The molecule has 0 unspecified atom stereocenters. The zero-order valence-corrected chi connectivity index (χ0v) is 14.1. The van der Waals surface area contributed by atoms with E-state index in [-0.39, 0.29) is 5.04 Å². The molecule has 0 bridgehead atoms. The number of aldehydes is 1. The molecule has 0 heterocycles. The molecular formula is C17H24O2Si. The molecule has 3 heteroatoms. The summed E-state index contributed by atoms with van der Waals surface area (Å²) in [6.07, 6.45) is 2.50. The monoisotopic (exact) mass is 288 g/mol. The van der Waals surface area contributed by atoms with Crippen molar-refractivity contribution in [2.45, 2.75) is 51.7 Å². The van der Waals surface area contributed by atoms with Crippen LogP contribution < -0.4 is 0 Å². The van der Waals surface area contributed by atoms with Gasteiger partial charge in [0.25, 0.3) is 0 Å². The fourth-order valence-corrected chi connectivity index (χ4v) is 2.54. The molecule has 1 N–H and O–H groups in total. The Morgan fingerprint density at radius 1 is 1.30 bits per heavy atom. The van der Waals surface area contributed by atoms with Gasteiger partial charge in [0.15, 0.2) is 8.32 Å². The van der Waals surface area contributed by atoms with E-state index in [1.807, 2.05) is 38.2 Å². The summed E-state index contributed by atoms with van der Waals surface area (Å²) in [6.45, 7) is 10.1. The number of aryl methyl sites for hydroxylation is 1. The van der Waals surface area contributed by atoms with Crippen molar-refractivity contribution in [3.8, 4) is 11.8 Å². The molecule has 0 radical (unpaired) electrons. The molecule has 2 nitrogen and oxygen atoms in total. The third-order valence-corrected chi connectivity index (χ3v) is 7.56. The number of hydrogen-bond acceptors (Lipinski definition) is 2. The highest BCUT2D eigenvalue weighted by molar-refractivity contribution is 6.72. The number of carbonyl (C=O) groups excluding carboxylic acids is 1. The third kappa shape index (κ3) is 4.63. The molecule has 108 valence electrons. The molecule has 0 aromatic heterocycles. The van der Waals surface area contributed by atoms with Gasteiger partial charge in [-0.2, -0.15) is 0 Å². The molecule has 20 heavy (non-hydrogen) atoms. The van der Waals surface area contributed by atoms with E-state index in [0.717, 1.165) is 30.3 Å². The summed E-state index contributed by atoms with van der Waals surface area (Å²) in [5.74, 6) is 6.26. The van der Waals surface area contributed by atoms with Gasteiger partial charge in [0.2, 0.25) is 0 Å². The van der Waals surface area contributed by atoms with Crippen LogP contribution >= 0.6 is 0 Å². The summed E-state index contributed by atoms with van der Waals surface area (Å²) in [7, 11) is -2.15. The summed E-state index contributed by atoms with van der Waals surface area (Å²) in [4.78, 5) is 21.0. The first-order valence-corrected chi connectivity index (χ1v) is 9.88. The van der Waals surface area contributed by atoms with Gasteiger partial charge in [-0.05, 0) is 55.2 Å². The fraction of sp³-hybridized carbons (Fsp3) is 0.471. The Morgan fingerprint density at radius 3 is 2.50 bits per heavy atom. The lowest BCUT2D eigenvalue weighted by Gasteiger charge is -2.34. The predicted molar refractivity (Wildman–Crippen MR) is 86.4 cm³/mol. The molecule has 0 aliphatic rings. The minimum atomic E-state index is -2.15. The van der Waals surface area contributed by atoms with Gasteiger partial charge >= 0.3 is 0 Å². The second-order valence-electron chi connectivity index (χ2n) is 6.49. The smallest absolute Gasteiger partial charge is 0.188 e. The van der Waals surface area contributed by atoms with Gasteiger partial charge in [-0.3, -0.25) is 4.79 Å². The van der Waals surface area contributed by atoms with Gasteiger partial charge in [-0.1, -0.05) is 25.7 Å². The SMILES string of the molecule is Cc1cc(C#CCCC(C)(C)[Si](C)(C)O)cc(C=O)c1. The van der Waals surface area contributed by atoms with Crippen LogP contribution in [0.4, 0.5) is 0 Å². The van der Waals surface area contributed by atoms with E-state index in [1.54, 1.807) is 0 Å². The molecular weight excluding hydrogens is 264 g/mol. The first-order valence-electron chi connectivity index (χ1n) is 6.94. The largest absolute Gasteiger partial charge is 0.432 e. The van der Waals surface area contributed by atoms with Gasteiger partial charge in [-0.15, -0.1) is 0 Å². The molecule has 0 aliphatic heterocycles. The van der Waals surface area contributed by atoms with Crippen LogP contribution in [-0.2, 0) is 0 Å². The Morgan fingerprint density at radius 2 is 1.95 bits per heavy atom. The van der Waals surface area contributed by atoms with Crippen molar-refractivity contribution >= 4 is 14.6 Å². The summed E-state index contributed by atoms with van der Waals surface area (Å²) >= 11 is 0. The molecule has 0 amide bonds. The maximum absolute atomic E-state index is 10.8. The van der Waals surface area contributed by atoms with Gasteiger partial charge in [0.1, 0.15) is 6.29 Å². The van der Waals surface area contributed by atoms with Crippen LogP contribution in [0.1, 0.15) is 48.2 Å². The average molecular weight is 288 g/mol. The minimum absolute atomic E-state index is 0.0394. The summed E-state index contributed by atoms with van der Waals surface area (Å²) in [5.41, 5.74) is 2.59. The normalized spacial score (nSPS) is 11.7. The Balaban J connectivity index is 2.73. The standard InChI is InChI=1S/C17H24O2Si/c1-14-10-15(12-16(11-14)13-18)8-6-7-9-17(2,3)20(4,5)19/h10-13,19H,7,9H2,1-5H3. The zero-order valence-electron chi connectivity index (χ0n) is 13.1. The zero-order chi connectivity index (χ0) is 15.4. The highest BCUT2D eigenvalue weighted by atomic mass is 28.4. The summed E-state index contributed by atoms with van der Waals surface area (Å²) in [6, 6.07) is 5.64. The van der Waals surface area contributed by atoms with Crippen LogP contribution in [0.5, 0.6) is 0 Å². The quantitative estimate of drug-likeness (QED) is 0.518. The molecule has 1 rings (SSSR count). The van der Waals surface area contributed by atoms with Crippen molar-refractivity contribution in [2.24, 2.45) is 0 Å². The third-order valence-electron chi connectivity index (χ3n) is 4.00. The minimum Gasteiger partial charge on any atom is -0.432 e. The highest BCUT2D eigenvalue weighted by Crippen LogP contribution is 2.39. The summed E-state index contributed by atoms with van der Waals surface area (Å²) < 4.78 is 0. The Hall–Kier alpha value is -1.37. The van der Waals surface area contributed by atoms with Crippen LogP contribution in [0.25, 0.3) is 0 Å². The van der Waals surface area contributed by atoms with Gasteiger partial charge in [-0.25, -0.2) is 0 Å². The first-order chi connectivity index (χ1) is 9.15. The van der Waals surface area contributed by atoms with E-state index in [9.17, 15) is 9.59 Å². The molecule has 0 saturated carbocycles. The molecule has 0 spiro atoms. The average Bonchev–Trinajstić information content (AvgIpc) is 2.32. The number of benzene rings is 1. The molecule has 0 atom stereocenters. The number of hydrogen-bond donors (Lipinski definition) is 1. The van der Waals surface area contributed by atoms with Crippen molar-refractivity contribution in [1.29, 1.82) is 0 Å². The topological polar surface area (TPSA) is 37.3 Å². The first kappa shape index (κ1) is 16.7. The lowest BCUT2D eigenvalue weighted by molar-refractivity contribution is 0.112. The molecule has 1 aromatic rings. The summed E-state index contributed by atoms with van der Waals surface area (Å²) in [5, 5.41) is -0.0394. The van der Waals surface area contributed by atoms with Crippen LogP contribution in [0.2, 0.25) is 18.1 Å². The molecule has 0 saturated heterocycles. The van der Waals surface area contributed by atoms with Crippen molar-refractivity contribution < 1.29 is 9.59 Å². The van der Waals surface area contributed by atoms with Crippen molar-refractivity contribution in [2.75, 3.05) is 0 Å². The van der Waals surface area contributed by atoms with E-state index >= 15 is 0 Å². The van der Waals surface area contributed by atoms with E-state index in [2.05, 4.69) is 25.7 Å². The van der Waals surface area contributed by atoms with Crippen LogP contribution in [0.15, 0.2) is 18.2 Å². The lowest BCUT2D eigenvalue weighted by atomic mass is 10.1. The number of rotatable bonds is 4. The maximum Gasteiger partial charge on any atom is 0.188 e. The van der Waals surface area contributed by atoms with Gasteiger partial charge < -0.3 is 4.80 Å². The van der Waals surface area contributed by atoms with Crippen molar-refractivity contribution in [3.05, 3.63) is 34.9 Å². The van der Waals surface area contributed by atoms with E-state index < -0.39 is 8.32 Å². The van der Waals surface area contributed by atoms with Gasteiger partial charge in [0, 0.05) is 17.5 Å². The van der Waals surface area contributed by atoms with Crippen molar-refractivity contribution in [1.82, 2.24) is 0 Å². The Kier molecular flexibility index (Phi) is 5.32. The van der Waals surface area contributed by atoms with E-state index in [1.165, 1.54) is 0 Å². The maximum atomic E-state index is 10.8. The second-order valence-corrected chi connectivity index (χ2v) is 11.0. The second kappa shape index (κ2) is 6.38. The van der Waals surface area contributed by atoms with Crippen molar-refractivity contribution in [3.63, 3.8) is 0 Å². The van der Waals surface area contributed by atoms with E-state index in [4.69, 9.17) is 0 Å². The van der Waals surface area contributed by atoms with E-state index in [0.29, 0.717) is 5.56 Å². The van der Waals surface area contributed by atoms with Crippen LogP contribution in [0, 0.1) is 18.8 Å². The van der Waals surface area contributed by atoms with Gasteiger partial charge in [0.05, 0.1) is 0 Å².